The fraction of sp³-hybridized carbons (Fsp3) is 0.357. The van der Waals surface area contributed by atoms with Gasteiger partial charge in [-0.05, 0) is 32.4 Å². The summed E-state index contributed by atoms with van der Waals surface area (Å²) in [6.45, 7) is 6.45. The number of rotatable bonds is 3. The van der Waals surface area contributed by atoms with Crippen LogP contribution in [0.5, 0.6) is 0 Å². The van der Waals surface area contributed by atoms with Crippen LogP contribution >= 0.6 is 0 Å². The maximum atomic E-state index is 10.2. The van der Waals surface area contributed by atoms with E-state index in [1.165, 1.54) is 5.56 Å². The SMILES string of the molecule is Cc1nn(CC(O)c2ccccc2N)c(C)c1C. The van der Waals surface area contributed by atoms with Crippen molar-refractivity contribution in [2.24, 2.45) is 0 Å². The molecule has 18 heavy (non-hydrogen) atoms. The first-order valence-electron chi connectivity index (χ1n) is 6.03. The summed E-state index contributed by atoms with van der Waals surface area (Å²) in [5.74, 6) is 0. The monoisotopic (exact) mass is 245 g/mol. The largest absolute Gasteiger partial charge is 0.398 e. The maximum Gasteiger partial charge on any atom is 0.101 e. The molecule has 1 aromatic carbocycles. The van der Waals surface area contributed by atoms with Gasteiger partial charge in [-0.25, -0.2) is 0 Å². The predicted molar refractivity (Wildman–Crippen MR) is 72.3 cm³/mol. The average molecular weight is 245 g/mol. The summed E-state index contributed by atoms with van der Waals surface area (Å²) in [5.41, 5.74) is 10.5. The van der Waals surface area contributed by atoms with Crippen molar-refractivity contribution in [3.8, 4) is 0 Å². The molecule has 0 aliphatic rings. The fourth-order valence-electron chi connectivity index (χ4n) is 2.04. The molecule has 0 saturated carbocycles. The minimum Gasteiger partial charge on any atom is -0.398 e. The Morgan fingerprint density at radius 3 is 2.50 bits per heavy atom. The summed E-state index contributed by atoms with van der Waals surface area (Å²) in [6.07, 6.45) is -0.636. The van der Waals surface area contributed by atoms with E-state index in [0.717, 1.165) is 17.0 Å². The first-order chi connectivity index (χ1) is 8.50. The molecule has 2 rings (SSSR count). The van der Waals surface area contributed by atoms with Crippen molar-refractivity contribution in [1.29, 1.82) is 0 Å². The van der Waals surface area contributed by atoms with Crippen molar-refractivity contribution in [1.82, 2.24) is 9.78 Å². The number of hydrogen-bond donors (Lipinski definition) is 2. The van der Waals surface area contributed by atoms with Crippen LogP contribution in [0, 0.1) is 20.8 Å². The Morgan fingerprint density at radius 2 is 1.94 bits per heavy atom. The maximum absolute atomic E-state index is 10.2. The Labute approximate surface area is 107 Å². The molecule has 0 aliphatic carbocycles. The minimum absolute atomic E-state index is 0.425. The number of nitrogen functional groups attached to an aromatic ring is 1. The quantitative estimate of drug-likeness (QED) is 0.814. The van der Waals surface area contributed by atoms with Crippen LogP contribution in [0.15, 0.2) is 24.3 Å². The van der Waals surface area contributed by atoms with Gasteiger partial charge < -0.3 is 10.8 Å². The topological polar surface area (TPSA) is 64.1 Å². The molecule has 1 unspecified atom stereocenters. The highest BCUT2D eigenvalue weighted by molar-refractivity contribution is 5.47. The van der Waals surface area contributed by atoms with Crippen molar-refractivity contribution in [2.75, 3.05) is 5.73 Å². The zero-order valence-electron chi connectivity index (χ0n) is 11.0. The molecule has 0 saturated heterocycles. The highest BCUT2D eigenvalue weighted by Crippen LogP contribution is 2.22. The van der Waals surface area contributed by atoms with Gasteiger partial charge in [0.15, 0.2) is 0 Å². The van der Waals surface area contributed by atoms with E-state index >= 15 is 0 Å². The first kappa shape index (κ1) is 12.6. The van der Waals surface area contributed by atoms with Gasteiger partial charge in [-0.1, -0.05) is 18.2 Å². The molecular formula is C14H19N3O. The van der Waals surface area contributed by atoms with Gasteiger partial charge in [0.05, 0.1) is 12.2 Å². The highest BCUT2D eigenvalue weighted by atomic mass is 16.3. The minimum atomic E-state index is -0.636. The van der Waals surface area contributed by atoms with E-state index in [4.69, 9.17) is 5.73 Å². The fourth-order valence-corrected chi connectivity index (χ4v) is 2.04. The van der Waals surface area contributed by atoms with Gasteiger partial charge in [-0.3, -0.25) is 4.68 Å². The summed E-state index contributed by atoms with van der Waals surface area (Å²) >= 11 is 0. The average Bonchev–Trinajstić information content (AvgIpc) is 2.57. The number of nitrogens with zero attached hydrogens (tertiary/aromatic N) is 2. The predicted octanol–water partition coefficient (Wildman–Crippen LogP) is 2.12. The number of hydrogen-bond acceptors (Lipinski definition) is 3. The number of aromatic nitrogens is 2. The second kappa shape index (κ2) is 4.82. The van der Waals surface area contributed by atoms with E-state index < -0.39 is 6.10 Å². The molecule has 0 bridgehead atoms. The molecule has 0 amide bonds. The Bertz CT molecular complexity index is 560. The molecule has 0 radical (unpaired) electrons. The third-order valence-electron chi connectivity index (χ3n) is 3.44. The summed E-state index contributed by atoms with van der Waals surface area (Å²) in [6, 6.07) is 7.38. The number of aryl methyl sites for hydroxylation is 1. The second-order valence-electron chi connectivity index (χ2n) is 4.62. The molecule has 0 spiro atoms. The van der Waals surface area contributed by atoms with E-state index in [0.29, 0.717) is 12.2 Å². The normalized spacial score (nSPS) is 12.7. The van der Waals surface area contributed by atoms with E-state index in [-0.39, 0.29) is 0 Å². The van der Waals surface area contributed by atoms with Crippen LogP contribution in [0.3, 0.4) is 0 Å². The Hall–Kier alpha value is -1.81. The van der Waals surface area contributed by atoms with E-state index in [2.05, 4.69) is 5.10 Å². The molecule has 4 nitrogen and oxygen atoms in total. The summed E-state index contributed by atoms with van der Waals surface area (Å²) in [4.78, 5) is 0. The molecular weight excluding hydrogens is 226 g/mol. The Morgan fingerprint density at radius 1 is 1.28 bits per heavy atom. The third kappa shape index (κ3) is 2.24. The van der Waals surface area contributed by atoms with Crippen molar-refractivity contribution >= 4 is 5.69 Å². The van der Waals surface area contributed by atoms with Crippen LogP contribution in [-0.4, -0.2) is 14.9 Å². The number of aliphatic hydroxyl groups excluding tert-OH is 1. The molecule has 4 heteroatoms. The van der Waals surface area contributed by atoms with Gasteiger partial charge in [0, 0.05) is 16.9 Å². The van der Waals surface area contributed by atoms with Crippen LogP contribution in [-0.2, 0) is 6.54 Å². The van der Waals surface area contributed by atoms with Crippen LogP contribution < -0.4 is 5.73 Å². The molecule has 1 heterocycles. The zero-order valence-corrected chi connectivity index (χ0v) is 11.0. The van der Waals surface area contributed by atoms with Crippen LogP contribution in [0.4, 0.5) is 5.69 Å². The summed E-state index contributed by atoms with van der Waals surface area (Å²) in [5, 5.41) is 14.7. The number of nitrogens with two attached hydrogens (primary N) is 1. The standard InChI is InChI=1S/C14H19N3O/c1-9-10(2)16-17(11(9)3)8-14(18)12-6-4-5-7-13(12)15/h4-7,14,18H,8,15H2,1-3H3. The molecule has 2 aromatic rings. The number of aliphatic hydroxyl groups is 1. The third-order valence-corrected chi connectivity index (χ3v) is 3.44. The number of anilines is 1. The van der Waals surface area contributed by atoms with Gasteiger partial charge in [0.2, 0.25) is 0 Å². The lowest BCUT2D eigenvalue weighted by atomic mass is 10.1. The number of benzene rings is 1. The Kier molecular flexibility index (Phi) is 3.39. The Balaban J connectivity index is 2.24. The van der Waals surface area contributed by atoms with Gasteiger partial charge in [0.1, 0.15) is 6.10 Å². The van der Waals surface area contributed by atoms with Gasteiger partial charge in [-0.15, -0.1) is 0 Å². The van der Waals surface area contributed by atoms with Crippen LogP contribution in [0.2, 0.25) is 0 Å². The van der Waals surface area contributed by atoms with Crippen LogP contribution in [0.25, 0.3) is 0 Å². The molecule has 1 atom stereocenters. The van der Waals surface area contributed by atoms with Gasteiger partial charge in [-0.2, -0.15) is 5.10 Å². The lowest BCUT2D eigenvalue weighted by Crippen LogP contribution is -2.13. The lowest BCUT2D eigenvalue weighted by molar-refractivity contribution is 0.151. The van der Waals surface area contributed by atoms with E-state index in [9.17, 15) is 5.11 Å². The molecule has 0 fully saturated rings. The van der Waals surface area contributed by atoms with Crippen molar-refractivity contribution in [2.45, 2.75) is 33.4 Å². The lowest BCUT2D eigenvalue weighted by Gasteiger charge is -2.14. The highest BCUT2D eigenvalue weighted by Gasteiger charge is 2.14. The number of para-hydroxylation sites is 1. The van der Waals surface area contributed by atoms with Gasteiger partial charge >= 0.3 is 0 Å². The summed E-state index contributed by atoms with van der Waals surface area (Å²) < 4.78 is 1.84. The molecule has 0 aliphatic heterocycles. The van der Waals surface area contributed by atoms with Gasteiger partial charge in [0.25, 0.3) is 0 Å². The van der Waals surface area contributed by atoms with E-state index in [1.54, 1.807) is 6.07 Å². The molecule has 96 valence electrons. The zero-order chi connectivity index (χ0) is 13.3. The van der Waals surface area contributed by atoms with Crippen molar-refractivity contribution < 1.29 is 5.11 Å². The molecule has 3 N–H and O–H groups in total. The second-order valence-corrected chi connectivity index (χ2v) is 4.62. The van der Waals surface area contributed by atoms with Crippen molar-refractivity contribution in [3.05, 3.63) is 46.8 Å². The first-order valence-corrected chi connectivity index (χ1v) is 6.03. The molecule has 1 aromatic heterocycles. The van der Waals surface area contributed by atoms with Crippen LogP contribution in [0.1, 0.15) is 28.6 Å². The van der Waals surface area contributed by atoms with E-state index in [1.807, 2.05) is 43.7 Å². The smallest absolute Gasteiger partial charge is 0.101 e. The summed E-state index contributed by atoms with van der Waals surface area (Å²) in [7, 11) is 0. The van der Waals surface area contributed by atoms with Crippen molar-refractivity contribution in [3.63, 3.8) is 0 Å².